The normalized spacial score (nSPS) is 30.7. The van der Waals surface area contributed by atoms with Crippen LogP contribution in [0.25, 0.3) is 0 Å². The van der Waals surface area contributed by atoms with Crippen LogP contribution in [-0.4, -0.2) is 68.6 Å². The zero-order valence-corrected chi connectivity index (χ0v) is 12.4. The molecule has 1 atom stereocenters. The van der Waals surface area contributed by atoms with Gasteiger partial charge in [0, 0.05) is 45.9 Å². The SMILES string of the molecule is CC(C)CN1CCN(CC2(C=O)CCCOC2)CC1. The second-order valence-electron chi connectivity index (χ2n) is 6.61. The first-order chi connectivity index (χ1) is 9.13. The second kappa shape index (κ2) is 6.82. The Labute approximate surface area is 117 Å². The molecule has 0 radical (unpaired) electrons. The molecule has 4 heteroatoms. The number of nitrogens with zero attached hydrogens (tertiary/aromatic N) is 2. The molecule has 2 fully saturated rings. The summed E-state index contributed by atoms with van der Waals surface area (Å²) in [4.78, 5) is 16.4. The van der Waals surface area contributed by atoms with Crippen LogP contribution in [0.2, 0.25) is 0 Å². The third-order valence-corrected chi connectivity index (χ3v) is 4.23. The maximum absolute atomic E-state index is 11.4. The van der Waals surface area contributed by atoms with Crippen LogP contribution < -0.4 is 0 Å². The predicted molar refractivity (Wildman–Crippen MR) is 76.3 cm³/mol. The molecule has 0 aromatic rings. The highest BCUT2D eigenvalue weighted by Crippen LogP contribution is 2.27. The fourth-order valence-electron chi connectivity index (χ4n) is 3.22. The van der Waals surface area contributed by atoms with Crippen molar-refractivity contribution >= 4 is 6.29 Å². The minimum absolute atomic E-state index is 0.238. The highest BCUT2D eigenvalue weighted by Gasteiger charge is 2.35. The fraction of sp³-hybridized carbons (Fsp3) is 0.933. The summed E-state index contributed by atoms with van der Waals surface area (Å²) in [7, 11) is 0. The lowest BCUT2D eigenvalue weighted by Gasteiger charge is -2.41. The molecule has 110 valence electrons. The van der Waals surface area contributed by atoms with Gasteiger partial charge in [-0.15, -0.1) is 0 Å². The first kappa shape index (κ1) is 14.9. The van der Waals surface area contributed by atoms with Gasteiger partial charge in [0.15, 0.2) is 0 Å². The molecule has 2 aliphatic heterocycles. The summed E-state index contributed by atoms with van der Waals surface area (Å²) in [5.74, 6) is 0.736. The second-order valence-corrected chi connectivity index (χ2v) is 6.61. The molecule has 0 aliphatic carbocycles. The standard InChI is InChI=1S/C15H28N2O2/c1-14(2)10-16-5-7-17(8-6-16)11-15(12-18)4-3-9-19-13-15/h12,14H,3-11,13H2,1-2H3. The molecule has 0 N–H and O–H groups in total. The van der Waals surface area contributed by atoms with Crippen LogP contribution in [0.3, 0.4) is 0 Å². The predicted octanol–water partition coefficient (Wildman–Crippen LogP) is 1.26. The first-order valence-electron chi connectivity index (χ1n) is 7.62. The summed E-state index contributed by atoms with van der Waals surface area (Å²) < 4.78 is 5.52. The Morgan fingerprint density at radius 3 is 2.42 bits per heavy atom. The van der Waals surface area contributed by atoms with Crippen molar-refractivity contribution in [2.45, 2.75) is 26.7 Å². The van der Waals surface area contributed by atoms with Crippen LogP contribution >= 0.6 is 0 Å². The van der Waals surface area contributed by atoms with Crippen molar-refractivity contribution in [1.29, 1.82) is 0 Å². The maximum Gasteiger partial charge on any atom is 0.129 e. The van der Waals surface area contributed by atoms with E-state index in [9.17, 15) is 4.79 Å². The van der Waals surface area contributed by atoms with E-state index in [1.807, 2.05) is 0 Å². The van der Waals surface area contributed by atoms with Gasteiger partial charge in [-0.25, -0.2) is 0 Å². The van der Waals surface area contributed by atoms with E-state index in [0.717, 1.165) is 64.4 Å². The van der Waals surface area contributed by atoms with E-state index in [4.69, 9.17) is 4.74 Å². The highest BCUT2D eigenvalue weighted by atomic mass is 16.5. The monoisotopic (exact) mass is 268 g/mol. The number of piperazine rings is 1. The number of rotatable bonds is 5. The van der Waals surface area contributed by atoms with Gasteiger partial charge in [0.05, 0.1) is 12.0 Å². The van der Waals surface area contributed by atoms with Crippen LogP contribution in [0, 0.1) is 11.3 Å². The number of ether oxygens (including phenoxy) is 1. The van der Waals surface area contributed by atoms with Gasteiger partial charge >= 0.3 is 0 Å². The van der Waals surface area contributed by atoms with Crippen LogP contribution in [-0.2, 0) is 9.53 Å². The Morgan fingerprint density at radius 2 is 1.89 bits per heavy atom. The quantitative estimate of drug-likeness (QED) is 0.703. The van der Waals surface area contributed by atoms with Crippen molar-refractivity contribution in [3.8, 4) is 0 Å². The van der Waals surface area contributed by atoms with E-state index in [0.29, 0.717) is 6.61 Å². The van der Waals surface area contributed by atoms with Crippen LogP contribution in [0.5, 0.6) is 0 Å². The molecule has 4 nitrogen and oxygen atoms in total. The lowest BCUT2D eigenvalue weighted by molar-refractivity contribution is -0.126. The lowest BCUT2D eigenvalue weighted by atomic mass is 9.83. The number of aldehydes is 1. The Morgan fingerprint density at radius 1 is 1.21 bits per heavy atom. The van der Waals surface area contributed by atoms with Crippen molar-refractivity contribution in [2.75, 3.05) is 52.5 Å². The molecule has 19 heavy (non-hydrogen) atoms. The molecule has 2 heterocycles. The molecule has 0 amide bonds. The molecule has 0 bridgehead atoms. The zero-order chi connectivity index (χ0) is 13.7. The third kappa shape index (κ3) is 4.26. The number of hydrogen-bond donors (Lipinski definition) is 0. The molecule has 0 saturated carbocycles. The molecular weight excluding hydrogens is 240 g/mol. The van der Waals surface area contributed by atoms with E-state index < -0.39 is 0 Å². The van der Waals surface area contributed by atoms with Gasteiger partial charge in [-0.3, -0.25) is 4.90 Å². The summed E-state index contributed by atoms with van der Waals surface area (Å²) in [5, 5.41) is 0. The third-order valence-electron chi connectivity index (χ3n) is 4.23. The smallest absolute Gasteiger partial charge is 0.129 e. The van der Waals surface area contributed by atoms with Crippen molar-refractivity contribution in [3.05, 3.63) is 0 Å². The van der Waals surface area contributed by atoms with Gasteiger partial charge in [-0.1, -0.05) is 13.8 Å². The summed E-state index contributed by atoms with van der Waals surface area (Å²) in [6, 6.07) is 0. The Kier molecular flexibility index (Phi) is 5.37. The minimum atomic E-state index is -0.238. The van der Waals surface area contributed by atoms with Crippen molar-refractivity contribution in [1.82, 2.24) is 9.80 Å². The number of hydrogen-bond acceptors (Lipinski definition) is 4. The summed E-state index contributed by atoms with van der Waals surface area (Å²) in [6.45, 7) is 12.5. The summed E-state index contributed by atoms with van der Waals surface area (Å²) >= 11 is 0. The van der Waals surface area contributed by atoms with Gasteiger partial charge in [0.25, 0.3) is 0 Å². The summed E-state index contributed by atoms with van der Waals surface area (Å²) in [6.07, 6.45) is 3.15. The number of carbonyl (C=O) groups is 1. The van der Waals surface area contributed by atoms with Crippen molar-refractivity contribution in [3.63, 3.8) is 0 Å². The largest absolute Gasteiger partial charge is 0.380 e. The lowest BCUT2D eigenvalue weighted by Crippen LogP contribution is -2.52. The molecule has 2 rings (SSSR count). The molecule has 0 aromatic carbocycles. The number of carbonyl (C=O) groups excluding carboxylic acids is 1. The van der Waals surface area contributed by atoms with E-state index in [2.05, 4.69) is 23.6 Å². The van der Waals surface area contributed by atoms with E-state index in [-0.39, 0.29) is 5.41 Å². The van der Waals surface area contributed by atoms with Crippen LogP contribution in [0.1, 0.15) is 26.7 Å². The Balaban J connectivity index is 1.79. The molecule has 0 aromatic heterocycles. The summed E-state index contributed by atoms with van der Waals surface area (Å²) in [5.41, 5.74) is -0.238. The molecule has 1 unspecified atom stereocenters. The van der Waals surface area contributed by atoms with E-state index >= 15 is 0 Å². The fourth-order valence-corrected chi connectivity index (χ4v) is 3.22. The van der Waals surface area contributed by atoms with E-state index in [1.54, 1.807) is 0 Å². The molecule has 2 aliphatic rings. The first-order valence-corrected chi connectivity index (χ1v) is 7.62. The van der Waals surface area contributed by atoms with Gasteiger partial charge in [-0.05, 0) is 18.8 Å². The molecular formula is C15H28N2O2. The minimum Gasteiger partial charge on any atom is -0.380 e. The van der Waals surface area contributed by atoms with Crippen LogP contribution in [0.15, 0.2) is 0 Å². The highest BCUT2D eigenvalue weighted by molar-refractivity contribution is 5.60. The molecule has 0 spiro atoms. The van der Waals surface area contributed by atoms with Gasteiger partial charge < -0.3 is 14.4 Å². The van der Waals surface area contributed by atoms with Gasteiger partial charge in [0.2, 0.25) is 0 Å². The Bertz CT molecular complexity index is 280. The van der Waals surface area contributed by atoms with Crippen molar-refractivity contribution < 1.29 is 9.53 Å². The zero-order valence-electron chi connectivity index (χ0n) is 12.4. The Hall–Kier alpha value is -0.450. The van der Waals surface area contributed by atoms with Gasteiger partial charge in [-0.2, -0.15) is 0 Å². The topological polar surface area (TPSA) is 32.8 Å². The average Bonchev–Trinajstić information content (AvgIpc) is 2.41. The van der Waals surface area contributed by atoms with Gasteiger partial charge in [0.1, 0.15) is 6.29 Å². The van der Waals surface area contributed by atoms with Crippen molar-refractivity contribution in [2.24, 2.45) is 11.3 Å². The van der Waals surface area contributed by atoms with Crippen LogP contribution in [0.4, 0.5) is 0 Å². The molecule has 2 saturated heterocycles. The average molecular weight is 268 g/mol. The maximum atomic E-state index is 11.4. The van der Waals surface area contributed by atoms with E-state index in [1.165, 1.54) is 6.54 Å².